The summed E-state index contributed by atoms with van der Waals surface area (Å²) in [5.41, 5.74) is 2.47. The summed E-state index contributed by atoms with van der Waals surface area (Å²) in [4.78, 5) is 2.14. The van der Waals surface area contributed by atoms with Crippen LogP contribution in [0.2, 0.25) is 0 Å². The Balaban J connectivity index is 0. The average Bonchev–Trinajstić information content (AvgIpc) is 1.85. The largest absolute Gasteiger partial charge is 2.00 e. The van der Waals surface area contributed by atoms with E-state index in [1.807, 2.05) is 0 Å². The fourth-order valence-electron chi connectivity index (χ4n) is 1.08. The van der Waals surface area contributed by atoms with E-state index in [9.17, 15) is 0 Å². The van der Waals surface area contributed by atoms with E-state index in [4.69, 9.17) is 0 Å². The van der Waals surface area contributed by atoms with Crippen molar-refractivity contribution >= 4 is 23.1 Å². The van der Waals surface area contributed by atoms with E-state index in [-0.39, 0.29) is 40.0 Å². The van der Waals surface area contributed by atoms with Crippen LogP contribution in [0.25, 0.3) is 0 Å². The van der Waals surface area contributed by atoms with Gasteiger partial charge < -0.3 is 21.9 Å². The van der Waals surface area contributed by atoms with Gasteiger partial charge in [-0.25, -0.2) is 0 Å². The summed E-state index contributed by atoms with van der Waals surface area (Å²) in [6.07, 6.45) is 0. The Bertz CT molecular complexity index is 238. The number of hydrogen-bond acceptors (Lipinski definition) is 1. The van der Waals surface area contributed by atoms with E-state index in [1.54, 1.807) is 0 Å². The monoisotopic (exact) mass is 251 g/mol. The first-order valence-corrected chi connectivity index (χ1v) is 3.81. The third-order valence-corrected chi connectivity index (χ3v) is 1.49. The Hall–Kier alpha value is 0.426. The molecule has 0 bridgehead atoms. The van der Waals surface area contributed by atoms with Crippen LogP contribution in [-0.2, 0) is 6.54 Å². The van der Waals surface area contributed by atoms with Gasteiger partial charge in [-0.3, -0.25) is 0 Å². The SMILES string of the molecule is Cc1[c-]c(CN(C)C)ccc1.[Br-].[Mg+2]. The molecule has 0 unspecified atom stereocenters. The van der Waals surface area contributed by atoms with Crippen LogP contribution in [0.3, 0.4) is 0 Å². The van der Waals surface area contributed by atoms with E-state index in [1.165, 1.54) is 11.1 Å². The molecular formula is C10H14BrMgN. The zero-order chi connectivity index (χ0) is 8.27. The first-order chi connectivity index (χ1) is 5.18. The fraction of sp³-hybridized carbons (Fsp3) is 0.400. The van der Waals surface area contributed by atoms with E-state index in [2.05, 4.69) is 50.2 Å². The first kappa shape index (κ1) is 15.9. The van der Waals surface area contributed by atoms with Crippen molar-refractivity contribution in [3.05, 3.63) is 35.4 Å². The molecule has 0 radical (unpaired) electrons. The van der Waals surface area contributed by atoms with Gasteiger partial charge in [-0.15, -0.1) is 5.56 Å². The van der Waals surface area contributed by atoms with Gasteiger partial charge in [-0.2, -0.15) is 29.8 Å². The molecule has 0 heterocycles. The summed E-state index contributed by atoms with van der Waals surface area (Å²) in [5, 5.41) is 0. The average molecular weight is 252 g/mol. The molecule has 0 atom stereocenters. The number of aryl methyl sites for hydroxylation is 1. The van der Waals surface area contributed by atoms with Crippen LogP contribution in [-0.4, -0.2) is 42.0 Å². The summed E-state index contributed by atoms with van der Waals surface area (Å²) in [6, 6.07) is 9.54. The van der Waals surface area contributed by atoms with Gasteiger partial charge in [0.2, 0.25) is 0 Å². The van der Waals surface area contributed by atoms with E-state index in [0.717, 1.165) is 6.54 Å². The third kappa shape index (κ3) is 6.49. The van der Waals surface area contributed by atoms with Crippen molar-refractivity contribution in [1.29, 1.82) is 0 Å². The fourth-order valence-corrected chi connectivity index (χ4v) is 1.08. The minimum absolute atomic E-state index is 0. The molecule has 3 heteroatoms. The molecule has 0 spiro atoms. The zero-order valence-electron chi connectivity index (χ0n) is 8.47. The molecule has 0 N–H and O–H groups in total. The summed E-state index contributed by atoms with van der Waals surface area (Å²) in [5.74, 6) is 0. The van der Waals surface area contributed by atoms with Crippen molar-refractivity contribution in [3.8, 4) is 0 Å². The molecule has 0 amide bonds. The Kier molecular flexibility index (Phi) is 9.52. The second kappa shape index (κ2) is 7.80. The van der Waals surface area contributed by atoms with Crippen molar-refractivity contribution in [3.63, 3.8) is 0 Å². The van der Waals surface area contributed by atoms with E-state index >= 15 is 0 Å². The van der Waals surface area contributed by atoms with Crippen LogP contribution in [0.15, 0.2) is 18.2 Å². The van der Waals surface area contributed by atoms with Gasteiger partial charge in [0.1, 0.15) is 0 Å². The number of nitrogens with zero attached hydrogens (tertiary/aromatic N) is 1. The van der Waals surface area contributed by atoms with Crippen molar-refractivity contribution in [2.75, 3.05) is 14.1 Å². The second-order valence-electron chi connectivity index (χ2n) is 3.10. The quantitative estimate of drug-likeness (QED) is 0.456. The normalized spacial score (nSPS) is 8.92. The zero-order valence-corrected chi connectivity index (χ0v) is 11.5. The predicted octanol–water partition coefficient (Wildman–Crippen LogP) is -1.52. The topological polar surface area (TPSA) is 3.24 Å². The summed E-state index contributed by atoms with van der Waals surface area (Å²) < 4.78 is 0. The number of rotatable bonds is 2. The van der Waals surface area contributed by atoms with Crippen LogP contribution < -0.4 is 17.0 Å². The van der Waals surface area contributed by atoms with Crippen molar-refractivity contribution in [2.45, 2.75) is 13.5 Å². The molecule has 0 saturated heterocycles. The minimum atomic E-state index is 0. The van der Waals surface area contributed by atoms with Crippen molar-refractivity contribution < 1.29 is 17.0 Å². The van der Waals surface area contributed by atoms with Crippen LogP contribution in [0.1, 0.15) is 11.1 Å². The van der Waals surface area contributed by atoms with Crippen LogP contribution in [0.5, 0.6) is 0 Å². The Labute approximate surface area is 107 Å². The van der Waals surface area contributed by atoms with Crippen LogP contribution >= 0.6 is 0 Å². The van der Waals surface area contributed by atoms with Crippen molar-refractivity contribution in [2.24, 2.45) is 0 Å². The summed E-state index contributed by atoms with van der Waals surface area (Å²) >= 11 is 0. The van der Waals surface area contributed by atoms with Crippen LogP contribution in [0, 0.1) is 13.0 Å². The Morgan fingerprint density at radius 3 is 2.38 bits per heavy atom. The molecule has 0 saturated carbocycles. The second-order valence-corrected chi connectivity index (χ2v) is 3.10. The number of hydrogen-bond donors (Lipinski definition) is 0. The third-order valence-electron chi connectivity index (χ3n) is 1.49. The van der Waals surface area contributed by atoms with Gasteiger partial charge in [-0.05, 0) is 14.1 Å². The Morgan fingerprint density at radius 1 is 1.31 bits per heavy atom. The maximum Gasteiger partial charge on any atom is 2.00 e. The molecule has 1 nitrogen and oxygen atoms in total. The van der Waals surface area contributed by atoms with Gasteiger partial charge in [0.15, 0.2) is 0 Å². The maximum atomic E-state index is 3.30. The van der Waals surface area contributed by atoms with Gasteiger partial charge in [0.05, 0.1) is 0 Å². The molecule has 1 aromatic carbocycles. The molecule has 0 aliphatic heterocycles. The predicted molar refractivity (Wildman–Crippen MR) is 53.2 cm³/mol. The minimum Gasteiger partial charge on any atom is -1.00 e. The molecule has 13 heavy (non-hydrogen) atoms. The molecule has 0 aromatic heterocycles. The van der Waals surface area contributed by atoms with Gasteiger partial charge in [0, 0.05) is 6.54 Å². The molecule has 1 rings (SSSR count). The number of halogens is 1. The molecule has 68 valence electrons. The molecular weight excluding hydrogens is 238 g/mol. The molecule has 0 fully saturated rings. The Morgan fingerprint density at radius 2 is 1.92 bits per heavy atom. The first-order valence-electron chi connectivity index (χ1n) is 3.81. The van der Waals surface area contributed by atoms with Crippen molar-refractivity contribution in [1.82, 2.24) is 4.90 Å². The maximum absolute atomic E-state index is 3.30. The van der Waals surface area contributed by atoms with Crippen LogP contribution in [0.4, 0.5) is 0 Å². The van der Waals surface area contributed by atoms with Gasteiger partial charge in [0.25, 0.3) is 0 Å². The standard InChI is InChI=1S/C10H14N.BrH.Mg/c1-9-5-4-6-10(7-9)8-11(2)3;;/h4-6H,8H2,1-3H3;1H;/q-1;;+2/p-1. The summed E-state index contributed by atoms with van der Waals surface area (Å²) in [6.45, 7) is 3.04. The smallest absolute Gasteiger partial charge is 1.00 e. The summed E-state index contributed by atoms with van der Waals surface area (Å²) in [7, 11) is 4.13. The molecule has 0 aliphatic carbocycles. The van der Waals surface area contributed by atoms with E-state index in [0.29, 0.717) is 0 Å². The molecule has 0 aliphatic rings. The van der Waals surface area contributed by atoms with Gasteiger partial charge >= 0.3 is 23.1 Å². The number of benzene rings is 1. The van der Waals surface area contributed by atoms with E-state index < -0.39 is 0 Å². The molecule has 1 aromatic rings. The van der Waals surface area contributed by atoms with Gasteiger partial charge in [-0.1, -0.05) is 6.92 Å².